The number of ether oxygens (including phenoxy) is 1. The zero-order valence-corrected chi connectivity index (χ0v) is 12.9. The minimum Gasteiger partial charge on any atom is -0.481 e. The Hall–Kier alpha value is -2.33. The van der Waals surface area contributed by atoms with Crippen molar-refractivity contribution >= 4 is 5.97 Å². The Kier molecular flexibility index (Phi) is 4.35. The second kappa shape index (κ2) is 6.42. The van der Waals surface area contributed by atoms with E-state index in [1.54, 1.807) is 0 Å². The molecule has 2 N–H and O–H groups in total. The fourth-order valence-electron chi connectivity index (χ4n) is 3.51. The minimum absolute atomic E-state index is 0.00974. The summed E-state index contributed by atoms with van der Waals surface area (Å²) in [5.41, 5.74) is 1.21. The zero-order chi connectivity index (χ0) is 16.3. The van der Waals surface area contributed by atoms with Gasteiger partial charge in [0.15, 0.2) is 0 Å². The van der Waals surface area contributed by atoms with Gasteiger partial charge < -0.3 is 14.9 Å². The molecule has 0 bridgehead atoms. The van der Waals surface area contributed by atoms with E-state index in [4.69, 9.17) is 9.84 Å². The summed E-state index contributed by atoms with van der Waals surface area (Å²) in [7, 11) is 0. The van der Waals surface area contributed by atoms with Gasteiger partial charge >= 0.3 is 5.97 Å². The standard InChI is InChI=1S/C19H20O4/c20-12-6-5-11-19(13-18(21)22)14-7-1-3-9-16(14)23-17-10-4-2-8-15(17)19/h1-4,7-10,20H,5-6,11-13H2,(H,21,22). The molecule has 4 nitrogen and oxygen atoms in total. The summed E-state index contributed by atoms with van der Waals surface area (Å²) in [5.74, 6) is 0.605. The van der Waals surface area contributed by atoms with E-state index in [0.29, 0.717) is 12.8 Å². The molecule has 0 saturated heterocycles. The SMILES string of the molecule is O=C(O)CC1(CCCCO)c2ccccc2Oc2ccccc21. The lowest BCUT2D eigenvalue weighted by Gasteiger charge is -2.39. The molecule has 0 fully saturated rings. The van der Waals surface area contributed by atoms with Crippen molar-refractivity contribution in [2.75, 3.05) is 6.61 Å². The van der Waals surface area contributed by atoms with Gasteiger partial charge in [-0.25, -0.2) is 0 Å². The van der Waals surface area contributed by atoms with Crippen molar-refractivity contribution in [2.24, 2.45) is 0 Å². The summed E-state index contributed by atoms with van der Waals surface area (Å²) in [5, 5.41) is 18.7. The molecule has 1 aliphatic rings. The molecule has 0 aromatic heterocycles. The van der Waals surface area contributed by atoms with E-state index < -0.39 is 11.4 Å². The van der Waals surface area contributed by atoms with Crippen molar-refractivity contribution in [2.45, 2.75) is 31.1 Å². The predicted octanol–water partition coefficient (Wildman–Crippen LogP) is 3.72. The van der Waals surface area contributed by atoms with Crippen molar-refractivity contribution in [3.05, 3.63) is 59.7 Å². The molecule has 4 heteroatoms. The molecule has 3 rings (SSSR count). The highest BCUT2D eigenvalue weighted by Gasteiger charge is 2.43. The van der Waals surface area contributed by atoms with Crippen LogP contribution in [0.5, 0.6) is 11.5 Å². The number of aliphatic hydroxyl groups is 1. The monoisotopic (exact) mass is 312 g/mol. The van der Waals surface area contributed by atoms with Gasteiger partial charge in [0, 0.05) is 23.1 Å². The van der Waals surface area contributed by atoms with Crippen molar-refractivity contribution in [1.82, 2.24) is 0 Å². The molecular weight excluding hydrogens is 292 g/mol. The first-order valence-corrected chi connectivity index (χ1v) is 7.87. The molecule has 0 saturated carbocycles. The Bertz CT molecular complexity index is 663. The van der Waals surface area contributed by atoms with Gasteiger partial charge in [-0.3, -0.25) is 4.79 Å². The largest absolute Gasteiger partial charge is 0.481 e. The lowest BCUT2D eigenvalue weighted by atomic mass is 9.67. The van der Waals surface area contributed by atoms with E-state index in [2.05, 4.69) is 0 Å². The Morgan fingerprint density at radius 3 is 2.04 bits per heavy atom. The van der Waals surface area contributed by atoms with Crippen molar-refractivity contribution in [1.29, 1.82) is 0 Å². The molecule has 0 unspecified atom stereocenters. The number of para-hydroxylation sites is 2. The molecular formula is C19H20O4. The number of carbonyl (C=O) groups is 1. The number of benzene rings is 2. The topological polar surface area (TPSA) is 66.8 Å². The molecule has 0 amide bonds. The van der Waals surface area contributed by atoms with E-state index in [1.165, 1.54) is 0 Å². The summed E-state index contributed by atoms with van der Waals surface area (Å²) in [4.78, 5) is 11.6. The molecule has 2 aromatic carbocycles. The van der Waals surface area contributed by atoms with Crippen molar-refractivity contribution < 1.29 is 19.7 Å². The highest BCUT2D eigenvalue weighted by Crippen LogP contribution is 2.52. The third-order valence-corrected chi connectivity index (χ3v) is 4.49. The van der Waals surface area contributed by atoms with Crippen LogP contribution in [0.25, 0.3) is 0 Å². The number of fused-ring (bicyclic) bond motifs is 2. The number of carboxylic acid groups (broad SMARTS) is 1. The Balaban J connectivity index is 2.16. The lowest BCUT2D eigenvalue weighted by molar-refractivity contribution is -0.138. The van der Waals surface area contributed by atoms with Crippen LogP contribution < -0.4 is 4.74 Å². The Labute approximate surface area is 135 Å². The predicted molar refractivity (Wildman–Crippen MR) is 86.9 cm³/mol. The molecule has 120 valence electrons. The minimum atomic E-state index is -0.833. The van der Waals surface area contributed by atoms with Gasteiger partial charge in [0.1, 0.15) is 11.5 Å². The number of aliphatic hydroxyl groups excluding tert-OH is 1. The number of rotatable bonds is 6. The molecule has 0 atom stereocenters. The normalized spacial score (nSPS) is 14.5. The number of hydrogen-bond donors (Lipinski definition) is 2. The van der Waals surface area contributed by atoms with E-state index >= 15 is 0 Å². The second-order valence-corrected chi connectivity index (χ2v) is 5.93. The second-order valence-electron chi connectivity index (χ2n) is 5.93. The van der Waals surface area contributed by atoms with Gasteiger partial charge in [0.2, 0.25) is 0 Å². The van der Waals surface area contributed by atoms with Crippen LogP contribution in [0.3, 0.4) is 0 Å². The van der Waals surface area contributed by atoms with E-state index in [9.17, 15) is 9.90 Å². The fraction of sp³-hybridized carbons (Fsp3) is 0.316. The zero-order valence-electron chi connectivity index (χ0n) is 12.9. The maximum Gasteiger partial charge on any atom is 0.304 e. The van der Waals surface area contributed by atoms with Gasteiger partial charge in [-0.1, -0.05) is 36.4 Å². The molecule has 0 radical (unpaired) electrons. The summed E-state index contributed by atoms with van der Waals surface area (Å²) >= 11 is 0. The first kappa shape index (κ1) is 15.6. The fourth-order valence-corrected chi connectivity index (χ4v) is 3.51. The quantitative estimate of drug-likeness (QED) is 0.798. The molecule has 0 spiro atoms. The summed E-state index contributed by atoms with van der Waals surface area (Å²) in [6, 6.07) is 15.3. The number of aliphatic carboxylic acids is 1. The van der Waals surface area contributed by atoms with Gasteiger partial charge in [-0.15, -0.1) is 0 Å². The summed E-state index contributed by atoms with van der Waals surface area (Å²) in [6.45, 7) is 0.114. The molecule has 1 heterocycles. The van der Waals surface area contributed by atoms with Crippen LogP contribution in [-0.2, 0) is 10.2 Å². The molecule has 1 aliphatic heterocycles. The average Bonchev–Trinajstić information content (AvgIpc) is 2.55. The Morgan fingerprint density at radius 2 is 1.52 bits per heavy atom. The van der Waals surface area contributed by atoms with Crippen LogP contribution >= 0.6 is 0 Å². The van der Waals surface area contributed by atoms with Crippen LogP contribution in [0.4, 0.5) is 0 Å². The van der Waals surface area contributed by atoms with E-state index in [0.717, 1.165) is 29.0 Å². The average molecular weight is 312 g/mol. The van der Waals surface area contributed by atoms with Gasteiger partial charge in [0.05, 0.1) is 6.42 Å². The smallest absolute Gasteiger partial charge is 0.304 e. The van der Waals surface area contributed by atoms with E-state index in [1.807, 2.05) is 48.5 Å². The highest BCUT2D eigenvalue weighted by molar-refractivity contribution is 5.73. The van der Waals surface area contributed by atoms with Crippen LogP contribution in [0.1, 0.15) is 36.8 Å². The van der Waals surface area contributed by atoms with E-state index in [-0.39, 0.29) is 13.0 Å². The van der Waals surface area contributed by atoms with Crippen LogP contribution in [0, 0.1) is 0 Å². The lowest BCUT2D eigenvalue weighted by Crippen LogP contribution is -2.34. The van der Waals surface area contributed by atoms with Gasteiger partial charge in [0.25, 0.3) is 0 Å². The van der Waals surface area contributed by atoms with Gasteiger partial charge in [-0.05, 0) is 31.4 Å². The maximum atomic E-state index is 11.6. The maximum absolute atomic E-state index is 11.6. The Morgan fingerprint density at radius 1 is 0.957 bits per heavy atom. The first-order valence-electron chi connectivity index (χ1n) is 7.87. The summed E-state index contributed by atoms with van der Waals surface area (Å²) in [6.07, 6.45) is 2.09. The van der Waals surface area contributed by atoms with Crippen molar-refractivity contribution in [3.8, 4) is 11.5 Å². The summed E-state index contributed by atoms with van der Waals surface area (Å²) < 4.78 is 5.98. The number of carboxylic acids is 1. The van der Waals surface area contributed by atoms with Crippen LogP contribution in [-0.4, -0.2) is 22.8 Å². The van der Waals surface area contributed by atoms with Crippen molar-refractivity contribution in [3.63, 3.8) is 0 Å². The molecule has 23 heavy (non-hydrogen) atoms. The van der Waals surface area contributed by atoms with Gasteiger partial charge in [-0.2, -0.15) is 0 Å². The first-order chi connectivity index (χ1) is 11.2. The highest BCUT2D eigenvalue weighted by atomic mass is 16.5. The number of hydrogen-bond acceptors (Lipinski definition) is 3. The van der Waals surface area contributed by atoms with Crippen LogP contribution in [0.2, 0.25) is 0 Å². The molecule has 0 aliphatic carbocycles. The third-order valence-electron chi connectivity index (χ3n) is 4.49. The molecule has 2 aromatic rings. The number of unbranched alkanes of at least 4 members (excludes halogenated alkanes) is 1. The van der Waals surface area contributed by atoms with Crippen LogP contribution in [0.15, 0.2) is 48.5 Å². The third kappa shape index (κ3) is 2.82.